The van der Waals surface area contributed by atoms with Crippen LogP contribution in [0.3, 0.4) is 0 Å². The number of ketones is 1. The zero-order chi connectivity index (χ0) is 9.68. The Balaban J connectivity index is 2.58. The lowest BCUT2D eigenvalue weighted by molar-refractivity contribution is -0.112. The second-order valence-corrected chi connectivity index (χ2v) is 3.20. The SMILES string of the molecule is CC/C(=C\C(C)=O)N1CCOCC1. The summed E-state index contributed by atoms with van der Waals surface area (Å²) in [7, 11) is 0. The fraction of sp³-hybridized carbons (Fsp3) is 0.700. The van der Waals surface area contributed by atoms with E-state index in [9.17, 15) is 4.79 Å². The third kappa shape index (κ3) is 3.19. The van der Waals surface area contributed by atoms with Crippen molar-refractivity contribution in [1.82, 2.24) is 4.90 Å². The van der Waals surface area contributed by atoms with E-state index in [4.69, 9.17) is 4.74 Å². The van der Waals surface area contributed by atoms with Crippen LogP contribution in [0.5, 0.6) is 0 Å². The first-order valence-electron chi connectivity index (χ1n) is 4.78. The maximum absolute atomic E-state index is 10.9. The molecule has 1 rings (SSSR count). The Kier molecular flexibility index (Phi) is 3.96. The van der Waals surface area contributed by atoms with E-state index in [-0.39, 0.29) is 5.78 Å². The quantitative estimate of drug-likeness (QED) is 0.616. The van der Waals surface area contributed by atoms with Gasteiger partial charge in [0.15, 0.2) is 5.78 Å². The van der Waals surface area contributed by atoms with Gasteiger partial charge in [0.2, 0.25) is 0 Å². The van der Waals surface area contributed by atoms with Crippen LogP contribution >= 0.6 is 0 Å². The highest BCUT2D eigenvalue weighted by Crippen LogP contribution is 2.10. The monoisotopic (exact) mass is 183 g/mol. The third-order valence-electron chi connectivity index (χ3n) is 2.15. The Labute approximate surface area is 79.4 Å². The molecule has 0 amide bonds. The van der Waals surface area contributed by atoms with Gasteiger partial charge in [-0.15, -0.1) is 0 Å². The summed E-state index contributed by atoms with van der Waals surface area (Å²) < 4.78 is 5.25. The molecule has 1 fully saturated rings. The summed E-state index contributed by atoms with van der Waals surface area (Å²) in [6, 6.07) is 0. The zero-order valence-corrected chi connectivity index (χ0v) is 8.38. The van der Waals surface area contributed by atoms with Crippen molar-refractivity contribution in [3.63, 3.8) is 0 Å². The van der Waals surface area contributed by atoms with E-state index in [0.717, 1.165) is 38.4 Å². The van der Waals surface area contributed by atoms with Crippen LogP contribution in [0.4, 0.5) is 0 Å². The molecule has 0 aromatic heterocycles. The van der Waals surface area contributed by atoms with E-state index in [2.05, 4.69) is 11.8 Å². The molecule has 0 unspecified atom stereocenters. The molecule has 0 radical (unpaired) electrons. The van der Waals surface area contributed by atoms with Crippen LogP contribution in [0.25, 0.3) is 0 Å². The second kappa shape index (κ2) is 5.02. The van der Waals surface area contributed by atoms with Crippen molar-refractivity contribution in [1.29, 1.82) is 0 Å². The van der Waals surface area contributed by atoms with Crippen LogP contribution in [0.2, 0.25) is 0 Å². The fourth-order valence-corrected chi connectivity index (χ4v) is 1.50. The number of allylic oxidation sites excluding steroid dienone is 2. The maximum Gasteiger partial charge on any atom is 0.154 e. The van der Waals surface area contributed by atoms with Gasteiger partial charge in [0.25, 0.3) is 0 Å². The van der Waals surface area contributed by atoms with Gasteiger partial charge in [-0.3, -0.25) is 4.79 Å². The minimum absolute atomic E-state index is 0.128. The minimum atomic E-state index is 0.128. The molecule has 0 aliphatic carbocycles. The molecule has 0 aromatic rings. The maximum atomic E-state index is 10.9. The van der Waals surface area contributed by atoms with Crippen molar-refractivity contribution < 1.29 is 9.53 Å². The van der Waals surface area contributed by atoms with Gasteiger partial charge in [-0.25, -0.2) is 0 Å². The summed E-state index contributed by atoms with van der Waals surface area (Å²) in [5.41, 5.74) is 1.14. The third-order valence-corrected chi connectivity index (χ3v) is 2.15. The molecule has 74 valence electrons. The van der Waals surface area contributed by atoms with Gasteiger partial charge in [0, 0.05) is 18.8 Å². The van der Waals surface area contributed by atoms with Gasteiger partial charge >= 0.3 is 0 Å². The fourth-order valence-electron chi connectivity index (χ4n) is 1.50. The van der Waals surface area contributed by atoms with Gasteiger partial charge in [-0.2, -0.15) is 0 Å². The molecule has 0 saturated carbocycles. The van der Waals surface area contributed by atoms with Crippen LogP contribution in [0, 0.1) is 0 Å². The number of hydrogen-bond donors (Lipinski definition) is 0. The summed E-state index contributed by atoms with van der Waals surface area (Å²) in [5, 5.41) is 0. The lowest BCUT2D eigenvalue weighted by Crippen LogP contribution is -2.35. The lowest BCUT2D eigenvalue weighted by Gasteiger charge is -2.30. The Morgan fingerprint density at radius 1 is 1.46 bits per heavy atom. The Bertz CT molecular complexity index is 205. The predicted octanol–water partition coefficient (Wildman–Crippen LogP) is 1.20. The van der Waals surface area contributed by atoms with Crippen LogP contribution in [0.1, 0.15) is 20.3 Å². The average molecular weight is 183 g/mol. The highest BCUT2D eigenvalue weighted by Gasteiger charge is 2.12. The van der Waals surface area contributed by atoms with Crippen LogP contribution < -0.4 is 0 Å². The second-order valence-electron chi connectivity index (χ2n) is 3.20. The van der Waals surface area contributed by atoms with E-state index in [1.54, 1.807) is 13.0 Å². The molecule has 0 spiro atoms. The Morgan fingerprint density at radius 2 is 2.08 bits per heavy atom. The van der Waals surface area contributed by atoms with Gasteiger partial charge in [-0.05, 0) is 19.4 Å². The van der Waals surface area contributed by atoms with E-state index in [1.165, 1.54) is 0 Å². The number of carbonyl (C=O) groups is 1. The first-order chi connectivity index (χ1) is 6.24. The number of rotatable bonds is 3. The number of carbonyl (C=O) groups excluding carboxylic acids is 1. The molecule has 1 heterocycles. The van der Waals surface area contributed by atoms with Gasteiger partial charge in [-0.1, -0.05) is 6.92 Å². The Hall–Kier alpha value is -0.830. The van der Waals surface area contributed by atoms with E-state index < -0.39 is 0 Å². The van der Waals surface area contributed by atoms with E-state index in [1.807, 2.05) is 0 Å². The molecule has 0 bridgehead atoms. The Morgan fingerprint density at radius 3 is 2.54 bits per heavy atom. The zero-order valence-electron chi connectivity index (χ0n) is 8.38. The first-order valence-corrected chi connectivity index (χ1v) is 4.78. The molecule has 1 saturated heterocycles. The highest BCUT2D eigenvalue weighted by atomic mass is 16.5. The van der Waals surface area contributed by atoms with Gasteiger partial charge in [0.05, 0.1) is 13.2 Å². The molecular weight excluding hydrogens is 166 g/mol. The number of ether oxygens (including phenoxy) is 1. The van der Waals surface area contributed by atoms with E-state index in [0.29, 0.717) is 0 Å². The summed E-state index contributed by atoms with van der Waals surface area (Å²) in [5.74, 6) is 0.128. The summed E-state index contributed by atoms with van der Waals surface area (Å²) in [6.07, 6.45) is 2.64. The molecule has 1 aliphatic heterocycles. The summed E-state index contributed by atoms with van der Waals surface area (Å²) in [6.45, 7) is 7.03. The van der Waals surface area contributed by atoms with Crippen LogP contribution in [-0.2, 0) is 9.53 Å². The standard InChI is InChI=1S/C10H17NO2/c1-3-10(8-9(2)12)11-4-6-13-7-5-11/h8H,3-7H2,1-2H3/b10-8+. The number of morpholine rings is 1. The van der Waals surface area contributed by atoms with Crippen molar-refractivity contribution in [2.45, 2.75) is 20.3 Å². The molecule has 3 heteroatoms. The van der Waals surface area contributed by atoms with Crippen molar-refractivity contribution in [3.8, 4) is 0 Å². The average Bonchev–Trinajstić information content (AvgIpc) is 2.15. The summed E-state index contributed by atoms with van der Waals surface area (Å²) >= 11 is 0. The topological polar surface area (TPSA) is 29.5 Å². The van der Waals surface area contributed by atoms with Crippen molar-refractivity contribution in [2.24, 2.45) is 0 Å². The van der Waals surface area contributed by atoms with Crippen molar-refractivity contribution in [3.05, 3.63) is 11.8 Å². The molecule has 0 N–H and O–H groups in total. The van der Waals surface area contributed by atoms with Crippen molar-refractivity contribution in [2.75, 3.05) is 26.3 Å². The molecule has 3 nitrogen and oxygen atoms in total. The number of hydrogen-bond acceptors (Lipinski definition) is 3. The molecule has 13 heavy (non-hydrogen) atoms. The minimum Gasteiger partial charge on any atom is -0.378 e. The van der Waals surface area contributed by atoms with Crippen LogP contribution in [-0.4, -0.2) is 37.0 Å². The molecule has 0 atom stereocenters. The lowest BCUT2D eigenvalue weighted by atomic mass is 10.2. The van der Waals surface area contributed by atoms with Gasteiger partial charge in [0.1, 0.15) is 0 Å². The highest BCUT2D eigenvalue weighted by molar-refractivity contribution is 5.87. The first kappa shape index (κ1) is 10.3. The smallest absolute Gasteiger partial charge is 0.154 e. The summed E-state index contributed by atoms with van der Waals surface area (Å²) in [4.78, 5) is 13.1. The number of nitrogens with zero attached hydrogens (tertiary/aromatic N) is 1. The van der Waals surface area contributed by atoms with Crippen LogP contribution in [0.15, 0.2) is 11.8 Å². The normalized spacial score (nSPS) is 18.9. The largest absolute Gasteiger partial charge is 0.378 e. The molecule has 0 aromatic carbocycles. The predicted molar refractivity (Wildman–Crippen MR) is 51.4 cm³/mol. The van der Waals surface area contributed by atoms with E-state index >= 15 is 0 Å². The van der Waals surface area contributed by atoms with Crippen molar-refractivity contribution >= 4 is 5.78 Å². The molecule has 1 aliphatic rings. The van der Waals surface area contributed by atoms with Gasteiger partial charge < -0.3 is 9.64 Å². The molecular formula is C10H17NO2.